The van der Waals surface area contributed by atoms with E-state index in [2.05, 4.69) is 0 Å². The summed E-state index contributed by atoms with van der Waals surface area (Å²) in [4.78, 5) is 37.6. The molecule has 1 aliphatic carbocycles. The first-order chi connectivity index (χ1) is 16.9. The number of carbonyl (C=O) groups is 3. The van der Waals surface area contributed by atoms with Gasteiger partial charge in [0.25, 0.3) is 0 Å². The maximum atomic E-state index is 13.0. The summed E-state index contributed by atoms with van der Waals surface area (Å²) in [5, 5.41) is 10.5. The second-order valence-corrected chi connectivity index (χ2v) is 7.54. The Bertz CT molecular complexity index is 1280. The largest absolute Gasteiger partial charge is 0.507 e. The standard InChI is InChI=1S/C26H23NO8/c1-2-32-11-12-33-21(29)14-34-15-7-9-16(10-8-15)35-20-13-19(28)22-23(24(20)27)26(31)18-6-4-3-5-17(18)25(22)30/h3-10,13,28H,2,11-12,14,27H2,1H3. The number of aromatic hydroxyl groups is 1. The molecule has 4 rings (SSSR count). The molecule has 0 bridgehead atoms. The van der Waals surface area contributed by atoms with Crippen LogP contribution in [0, 0.1) is 0 Å². The van der Waals surface area contributed by atoms with Crippen LogP contribution in [0.1, 0.15) is 38.8 Å². The first kappa shape index (κ1) is 23.8. The van der Waals surface area contributed by atoms with Crippen LogP contribution in [-0.4, -0.2) is 49.1 Å². The average Bonchev–Trinajstić information content (AvgIpc) is 2.86. The SMILES string of the molecule is CCOCCOC(=O)COc1ccc(Oc2cc(O)c3c(c2N)C(=O)c2ccccc2C3=O)cc1. The summed E-state index contributed by atoms with van der Waals surface area (Å²) < 4.78 is 21.2. The number of benzene rings is 3. The molecule has 0 saturated heterocycles. The van der Waals surface area contributed by atoms with Crippen molar-refractivity contribution < 1.29 is 38.4 Å². The number of phenols is 1. The number of hydrogen-bond donors (Lipinski definition) is 2. The lowest BCUT2D eigenvalue weighted by Crippen LogP contribution is -2.22. The summed E-state index contributed by atoms with van der Waals surface area (Å²) in [6.07, 6.45) is 0. The molecule has 0 amide bonds. The van der Waals surface area contributed by atoms with Crippen LogP contribution in [-0.2, 0) is 14.3 Å². The Morgan fingerprint density at radius 1 is 0.914 bits per heavy atom. The first-order valence-corrected chi connectivity index (χ1v) is 10.9. The number of phenolic OH excluding ortho intramolecular Hbond substituents is 1. The highest BCUT2D eigenvalue weighted by atomic mass is 16.6. The minimum Gasteiger partial charge on any atom is -0.507 e. The van der Waals surface area contributed by atoms with Crippen LogP contribution in [0.2, 0.25) is 0 Å². The number of carbonyl (C=O) groups excluding carboxylic acids is 3. The number of ketones is 2. The van der Waals surface area contributed by atoms with Crippen molar-refractivity contribution >= 4 is 23.2 Å². The third-order valence-electron chi connectivity index (χ3n) is 5.28. The molecule has 3 aromatic rings. The Morgan fingerprint density at radius 3 is 2.20 bits per heavy atom. The number of esters is 1. The molecule has 0 atom stereocenters. The van der Waals surface area contributed by atoms with E-state index in [9.17, 15) is 19.5 Å². The Kier molecular flexibility index (Phi) is 6.98. The van der Waals surface area contributed by atoms with Crippen molar-refractivity contribution in [1.29, 1.82) is 0 Å². The van der Waals surface area contributed by atoms with Crippen LogP contribution >= 0.6 is 0 Å². The predicted octanol–water partition coefficient (Wildman–Crippen LogP) is 3.50. The van der Waals surface area contributed by atoms with E-state index in [1.54, 1.807) is 36.4 Å². The highest BCUT2D eigenvalue weighted by Crippen LogP contribution is 2.42. The van der Waals surface area contributed by atoms with Gasteiger partial charge in [-0.3, -0.25) is 9.59 Å². The van der Waals surface area contributed by atoms with Crippen LogP contribution in [0.5, 0.6) is 23.0 Å². The van der Waals surface area contributed by atoms with E-state index in [1.165, 1.54) is 18.2 Å². The fourth-order valence-electron chi connectivity index (χ4n) is 3.63. The molecule has 9 nitrogen and oxygen atoms in total. The molecular formula is C26H23NO8. The topological polar surface area (TPSA) is 134 Å². The zero-order valence-electron chi connectivity index (χ0n) is 18.9. The van der Waals surface area contributed by atoms with Gasteiger partial charge in [-0.2, -0.15) is 0 Å². The van der Waals surface area contributed by atoms with Gasteiger partial charge in [-0.25, -0.2) is 4.79 Å². The number of nitrogens with two attached hydrogens (primary N) is 1. The fraction of sp³-hybridized carbons (Fsp3) is 0.192. The highest BCUT2D eigenvalue weighted by Gasteiger charge is 2.35. The summed E-state index contributed by atoms with van der Waals surface area (Å²) in [7, 11) is 0. The van der Waals surface area contributed by atoms with Crippen LogP contribution in [0.25, 0.3) is 0 Å². The van der Waals surface area contributed by atoms with Crippen LogP contribution < -0.4 is 15.2 Å². The third kappa shape index (κ3) is 4.95. The van der Waals surface area contributed by atoms with Crippen molar-refractivity contribution in [3.05, 3.63) is 76.9 Å². The molecular weight excluding hydrogens is 454 g/mol. The Morgan fingerprint density at radius 2 is 1.54 bits per heavy atom. The summed E-state index contributed by atoms with van der Waals surface area (Å²) in [6, 6.07) is 13.8. The van der Waals surface area contributed by atoms with Crippen molar-refractivity contribution in [2.24, 2.45) is 0 Å². The normalized spacial score (nSPS) is 12.0. The van der Waals surface area contributed by atoms with E-state index in [1.807, 2.05) is 6.92 Å². The number of fused-ring (bicyclic) bond motifs is 2. The third-order valence-corrected chi connectivity index (χ3v) is 5.28. The van der Waals surface area contributed by atoms with Gasteiger partial charge < -0.3 is 29.8 Å². The zero-order valence-corrected chi connectivity index (χ0v) is 18.9. The van der Waals surface area contributed by atoms with E-state index in [4.69, 9.17) is 24.7 Å². The second-order valence-electron chi connectivity index (χ2n) is 7.54. The maximum Gasteiger partial charge on any atom is 0.344 e. The molecule has 3 aromatic carbocycles. The fourth-order valence-corrected chi connectivity index (χ4v) is 3.63. The zero-order chi connectivity index (χ0) is 24.9. The van der Waals surface area contributed by atoms with Gasteiger partial charge in [0.2, 0.25) is 0 Å². The van der Waals surface area contributed by atoms with Crippen molar-refractivity contribution in [3.63, 3.8) is 0 Å². The molecule has 9 heteroatoms. The summed E-state index contributed by atoms with van der Waals surface area (Å²) in [5.41, 5.74) is 6.34. The summed E-state index contributed by atoms with van der Waals surface area (Å²) in [5.74, 6) is -1.12. The van der Waals surface area contributed by atoms with Gasteiger partial charge in [-0.15, -0.1) is 0 Å². The molecule has 0 aliphatic heterocycles. The summed E-state index contributed by atoms with van der Waals surface area (Å²) in [6.45, 7) is 2.59. The van der Waals surface area contributed by atoms with Gasteiger partial charge >= 0.3 is 5.97 Å². The van der Waals surface area contributed by atoms with Crippen LogP contribution in [0.3, 0.4) is 0 Å². The van der Waals surface area contributed by atoms with Crippen molar-refractivity contribution in [2.45, 2.75) is 6.92 Å². The van der Waals surface area contributed by atoms with Gasteiger partial charge in [-0.05, 0) is 31.2 Å². The van der Waals surface area contributed by atoms with Crippen molar-refractivity contribution in [1.82, 2.24) is 0 Å². The van der Waals surface area contributed by atoms with Gasteiger partial charge in [0, 0.05) is 23.8 Å². The number of hydrogen-bond acceptors (Lipinski definition) is 9. The lowest BCUT2D eigenvalue weighted by molar-refractivity contribution is -0.147. The average molecular weight is 477 g/mol. The first-order valence-electron chi connectivity index (χ1n) is 10.9. The molecule has 0 heterocycles. The molecule has 0 aromatic heterocycles. The minimum atomic E-state index is -0.525. The molecule has 35 heavy (non-hydrogen) atoms. The highest BCUT2D eigenvalue weighted by molar-refractivity contribution is 6.31. The predicted molar refractivity (Wildman–Crippen MR) is 125 cm³/mol. The molecule has 1 aliphatic rings. The second kappa shape index (κ2) is 10.3. The van der Waals surface area contributed by atoms with E-state index in [0.717, 1.165) is 0 Å². The molecule has 0 unspecified atom stereocenters. The van der Waals surface area contributed by atoms with Gasteiger partial charge in [0.15, 0.2) is 23.9 Å². The Balaban J connectivity index is 1.47. The minimum absolute atomic E-state index is 0.0216. The van der Waals surface area contributed by atoms with Gasteiger partial charge in [-0.1, -0.05) is 24.3 Å². The van der Waals surface area contributed by atoms with E-state index in [0.29, 0.717) is 24.7 Å². The Hall–Kier alpha value is -4.37. The number of rotatable bonds is 9. The van der Waals surface area contributed by atoms with Crippen LogP contribution in [0.15, 0.2) is 54.6 Å². The van der Waals surface area contributed by atoms with Crippen molar-refractivity contribution in [3.8, 4) is 23.0 Å². The van der Waals surface area contributed by atoms with Crippen LogP contribution in [0.4, 0.5) is 5.69 Å². The molecule has 0 fully saturated rings. The van der Waals surface area contributed by atoms with E-state index >= 15 is 0 Å². The number of nitrogen functional groups attached to an aromatic ring is 1. The maximum absolute atomic E-state index is 13.0. The van der Waals surface area contributed by atoms with Gasteiger partial charge in [0.1, 0.15) is 23.9 Å². The Labute approximate surface area is 201 Å². The molecule has 3 N–H and O–H groups in total. The lowest BCUT2D eigenvalue weighted by atomic mass is 9.82. The van der Waals surface area contributed by atoms with E-state index in [-0.39, 0.29) is 46.9 Å². The van der Waals surface area contributed by atoms with Crippen molar-refractivity contribution in [2.75, 3.05) is 32.2 Å². The molecule has 0 radical (unpaired) electrons. The van der Waals surface area contributed by atoms with E-state index < -0.39 is 23.3 Å². The molecule has 180 valence electrons. The quantitative estimate of drug-likeness (QED) is 0.161. The lowest BCUT2D eigenvalue weighted by Gasteiger charge is -2.21. The van der Waals surface area contributed by atoms with Gasteiger partial charge in [0.05, 0.1) is 23.4 Å². The summed E-state index contributed by atoms with van der Waals surface area (Å²) >= 11 is 0. The number of anilines is 1. The molecule has 0 spiro atoms. The smallest absolute Gasteiger partial charge is 0.344 e. The monoisotopic (exact) mass is 477 g/mol. The number of ether oxygens (including phenoxy) is 4. The molecule has 0 saturated carbocycles.